The van der Waals surface area contributed by atoms with Gasteiger partial charge in [-0.3, -0.25) is 9.59 Å². The van der Waals surface area contributed by atoms with E-state index in [9.17, 15) is 35.9 Å². The summed E-state index contributed by atoms with van der Waals surface area (Å²) in [6.45, 7) is 0.878. The molecule has 0 spiro atoms. The molecule has 0 aliphatic carbocycles. The highest BCUT2D eigenvalue weighted by Gasteiger charge is 2.78. The van der Waals surface area contributed by atoms with Gasteiger partial charge in [0.15, 0.2) is 0 Å². The molecule has 2 amide bonds. The van der Waals surface area contributed by atoms with Gasteiger partial charge >= 0.3 is 17.8 Å². The molecule has 0 aliphatic rings. The summed E-state index contributed by atoms with van der Waals surface area (Å²) >= 11 is 0. The Balaban J connectivity index is 5.52. The fourth-order valence-corrected chi connectivity index (χ4v) is 1.59. The molecule has 0 heterocycles. The molecule has 0 aliphatic heterocycles. The number of aliphatic hydroxyl groups excluding tert-OH is 2. The summed E-state index contributed by atoms with van der Waals surface area (Å²) in [5, 5.41) is 20.1. The molecule has 0 saturated carbocycles. The van der Waals surface area contributed by atoms with Crippen molar-refractivity contribution in [1.82, 2.24) is 10.6 Å². The van der Waals surface area contributed by atoms with E-state index in [0.29, 0.717) is 0 Å². The van der Waals surface area contributed by atoms with E-state index in [1.54, 1.807) is 0 Å². The highest BCUT2D eigenvalue weighted by molar-refractivity contribution is 5.90. The SMILES string of the molecule is CC[C@H](CO)NC(=O)C(F)(F)C(F)(F)C(F)(F)C(=O)N[C@@H](CC)CO. The van der Waals surface area contributed by atoms with E-state index < -0.39 is 54.9 Å². The van der Waals surface area contributed by atoms with E-state index in [0.717, 1.165) is 0 Å². The van der Waals surface area contributed by atoms with Crippen LogP contribution in [0.2, 0.25) is 0 Å². The van der Waals surface area contributed by atoms with Crippen LogP contribution in [0.15, 0.2) is 0 Å². The zero-order chi connectivity index (χ0) is 20.1. The van der Waals surface area contributed by atoms with Gasteiger partial charge in [0.2, 0.25) is 0 Å². The van der Waals surface area contributed by atoms with Crippen molar-refractivity contribution in [3.8, 4) is 0 Å². The van der Waals surface area contributed by atoms with E-state index >= 15 is 0 Å². The molecule has 0 rings (SSSR count). The molecule has 4 N–H and O–H groups in total. The summed E-state index contributed by atoms with van der Waals surface area (Å²) in [6.07, 6.45) is -0.259. The van der Waals surface area contributed by atoms with Crippen LogP contribution in [0.3, 0.4) is 0 Å². The van der Waals surface area contributed by atoms with Gasteiger partial charge in [-0.2, -0.15) is 26.3 Å². The second kappa shape index (κ2) is 8.70. The van der Waals surface area contributed by atoms with Crippen molar-refractivity contribution in [2.45, 2.75) is 56.5 Å². The number of amides is 2. The maximum atomic E-state index is 13.7. The van der Waals surface area contributed by atoms with Crippen molar-refractivity contribution in [2.75, 3.05) is 13.2 Å². The number of nitrogens with one attached hydrogen (secondary N) is 2. The van der Waals surface area contributed by atoms with Crippen LogP contribution in [0.25, 0.3) is 0 Å². The lowest BCUT2D eigenvalue weighted by molar-refractivity contribution is -0.287. The summed E-state index contributed by atoms with van der Waals surface area (Å²) < 4.78 is 81.8. The van der Waals surface area contributed by atoms with Crippen molar-refractivity contribution in [3.05, 3.63) is 0 Å². The first kappa shape index (κ1) is 23.4. The van der Waals surface area contributed by atoms with E-state index in [2.05, 4.69) is 0 Å². The number of hydrogen-bond acceptors (Lipinski definition) is 4. The van der Waals surface area contributed by atoms with Crippen LogP contribution in [-0.4, -0.2) is 65.1 Å². The number of alkyl halides is 6. The summed E-state index contributed by atoms with van der Waals surface area (Å²) in [7, 11) is 0. The van der Waals surface area contributed by atoms with Crippen LogP contribution in [0, 0.1) is 0 Å². The molecule has 6 nitrogen and oxygen atoms in total. The molecule has 25 heavy (non-hydrogen) atoms. The summed E-state index contributed by atoms with van der Waals surface area (Å²) in [5.74, 6) is -23.7. The molecule has 148 valence electrons. The minimum absolute atomic E-state index is 0.130. The second-order valence-electron chi connectivity index (χ2n) is 5.25. The Morgan fingerprint density at radius 1 is 0.800 bits per heavy atom. The second-order valence-corrected chi connectivity index (χ2v) is 5.25. The van der Waals surface area contributed by atoms with Gasteiger partial charge in [0.05, 0.1) is 25.3 Å². The Morgan fingerprint density at radius 2 is 1.08 bits per heavy atom. The van der Waals surface area contributed by atoms with Gasteiger partial charge in [-0.25, -0.2) is 0 Å². The first-order valence-electron chi connectivity index (χ1n) is 7.30. The predicted octanol–water partition coefficient (Wildman–Crippen LogP) is 0.666. The molecule has 0 saturated heterocycles. The minimum Gasteiger partial charge on any atom is -0.394 e. The third-order valence-electron chi connectivity index (χ3n) is 3.46. The van der Waals surface area contributed by atoms with Crippen LogP contribution in [0.5, 0.6) is 0 Å². The standard InChI is InChI=1S/C13H20F6N2O4/c1-3-7(5-22)20-9(24)11(14,15)13(18,19)12(16,17)10(25)21-8(4-2)6-23/h7-8,22-23H,3-6H2,1-2H3,(H,20,24)(H,21,25)/t7-,8+. The molecule has 0 unspecified atom stereocenters. The van der Waals surface area contributed by atoms with Crippen LogP contribution >= 0.6 is 0 Å². The molecule has 0 fully saturated rings. The number of hydrogen-bond donors (Lipinski definition) is 4. The molecule has 2 atom stereocenters. The maximum absolute atomic E-state index is 13.7. The Labute approximate surface area is 139 Å². The third kappa shape index (κ3) is 4.75. The predicted molar refractivity (Wildman–Crippen MR) is 73.5 cm³/mol. The molecule has 12 heteroatoms. The van der Waals surface area contributed by atoms with Gasteiger partial charge in [0.1, 0.15) is 0 Å². The van der Waals surface area contributed by atoms with E-state index in [1.807, 2.05) is 0 Å². The van der Waals surface area contributed by atoms with Gasteiger partial charge in [0, 0.05) is 0 Å². The fraction of sp³-hybridized carbons (Fsp3) is 0.846. The average molecular weight is 382 g/mol. The molecule has 0 aromatic carbocycles. The Bertz CT molecular complexity index is 427. The van der Waals surface area contributed by atoms with Gasteiger partial charge in [-0.15, -0.1) is 0 Å². The summed E-state index contributed by atoms with van der Waals surface area (Å²) in [5.41, 5.74) is 0. The maximum Gasteiger partial charge on any atom is 0.393 e. The quantitative estimate of drug-likeness (QED) is 0.418. The van der Waals surface area contributed by atoms with Crippen LogP contribution < -0.4 is 10.6 Å². The van der Waals surface area contributed by atoms with Crippen molar-refractivity contribution in [1.29, 1.82) is 0 Å². The summed E-state index contributed by atoms with van der Waals surface area (Å²) in [6, 6.07) is -2.70. The van der Waals surface area contributed by atoms with Gasteiger partial charge in [0.25, 0.3) is 11.8 Å². The van der Waals surface area contributed by atoms with Gasteiger partial charge in [-0.05, 0) is 12.8 Å². The highest BCUT2D eigenvalue weighted by atomic mass is 19.3. The highest BCUT2D eigenvalue weighted by Crippen LogP contribution is 2.46. The molecule has 0 aromatic rings. The lowest BCUT2D eigenvalue weighted by Gasteiger charge is -2.32. The van der Waals surface area contributed by atoms with Crippen molar-refractivity contribution < 1.29 is 46.1 Å². The number of carbonyl (C=O) groups excluding carboxylic acids is 2. The smallest absolute Gasteiger partial charge is 0.393 e. The Hall–Kier alpha value is -1.56. The normalized spacial score (nSPS) is 15.4. The minimum atomic E-state index is -6.35. The lowest BCUT2D eigenvalue weighted by Crippen LogP contribution is -2.66. The van der Waals surface area contributed by atoms with Gasteiger partial charge in [-0.1, -0.05) is 13.8 Å². The molecular weight excluding hydrogens is 362 g/mol. The topological polar surface area (TPSA) is 98.7 Å². The number of rotatable bonds is 10. The number of halogens is 6. The third-order valence-corrected chi connectivity index (χ3v) is 3.46. The number of carbonyl (C=O) groups is 2. The van der Waals surface area contributed by atoms with Gasteiger partial charge < -0.3 is 20.8 Å². The fourth-order valence-electron chi connectivity index (χ4n) is 1.59. The van der Waals surface area contributed by atoms with E-state index in [4.69, 9.17) is 10.2 Å². The Morgan fingerprint density at radius 3 is 1.28 bits per heavy atom. The monoisotopic (exact) mass is 382 g/mol. The van der Waals surface area contributed by atoms with Crippen molar-refractivity contribution >= 4 is 11.8 Å². The summed E-state index contributed by atoms with van der Waals surface area (Å²) in [4.78, 5) is 22.6. The van der Waals surface area contributed by atoms with Crippen LogP contribution in [0.4, 0.5) is 26.3 Å². The van der Waals surface area contributed by atoms with Crippen LogP contribution in [-0.2, 0) is 9.59 Å². The van der Waals surface area contributed by atoms with E-state index in [1.165, 1.54) is 24.5 Å². The Kier molecular flexibility index (Phi) is 8.15. The molecule has 0 aromatic heterocycles. The molecular formula is C13H20F6N2O4. The number of aliphatic hydroxyl groups is 2. The first-order chi connectivity index (χ1) is 11.3. The van der Waals surface area contributed by atoms with E-state index in [-0.39, 0.29) is 12.8 Å². The first-order valence-corrected chi connectivity index (χ1v) is 7.30. The largest absolute Gasteiger partial charge is 0.394 e. The average Bonchev–Trinajstić information content (AvgIpc) is 2.56. The zero-order valence-corrected chi connectivity index (χ0v) is 13.5. The zero-order valence-electron chi connectivity index (χ0n) is 13.5. The molecule has 0 radical (unpaired) electrons. The van der Waals surface area contributed by atoms with Crippen molar-refractivity contribution in [2.24, 2.45) is 0 Å². The lowest BCUT2D eigenvalue weighted by atomic mass is 10.0. The van der Waals surface area contributed by atoms with Crippen LogP contribution in [0.1, 0.15) is 26.7 Å². The molecule has 0 bridgehead atoms. The van der Waals surface area contributed by atoms with Crippen molar-refractivity contribution in [3.63, 3.8) is 0 Å².